The van der Waals surface area contributed by atoms with Crippen LogP contribution in [0.25, 0.3) is 22.1 Å². The lowest BCUT2D eigenvalue weighted by Gasteiger charge is -2.29. The molecule has 30 heavy (non-hydrogen) atoms. The zero-order valence-corrected chi connectivity index (χ0v) is 17.8. The molecule has 0 spiro atoms. The maximum atomic E-state index is 13.1. The second-order valence-electron chi connectivity index (χ2n) is 8.92. The van der Waals surface area contributed by atoms with Crippen LogP contribution in [0.5, 0.6) is 0 Å². The van der Waals surface area contributed by atoms with E-state index in [1.54, 1.807) is 0 Å². The van der Waals surface area contributed by atoms with Gasteiger partial charge < -0.3 is 9.73 Å². The number of nitrogens with one attached hydrogen (secondary N) is 1. The molecular formula is C26H27NO3. The van der Waals surface area contributed by atoms with E-state index in [2.05, 4.69) is 12.2 Å². The fourth-order valence-electron chi connectivity index (χ4n) is 5.21. The smallest absolute Gasteiger partial charge is 0.237 e. The minimum atomic E-state index is -0.454. The van der Waals surface area contributed by atoms with Crippen molar-refractivity contribution in [1.29, 1.82) is 0 Å². The third-order valence-electron chi connectivity index (χ3n) is 7.07. The number of fused-ring (bicyclic) bond motifs is 5. The molecule has 4 heteroatoms. The van der Waals surface area contributed by atoms with Crippen LogP contribution in [0.4, 0.5) is 0 Å². The molecule has 1 aromatic heterocycles. The Labute approximate surface area is 176 Å². The largest absolute Gasteiger partial charge is 0.459 e. The van der Waals surface area contributed by atoms with E-state index in [0.717, 1.165) is 33.2 Å². The summed E-state index contributed by atoms with van der Waals surface area (Å²) in [6.07, 6.45) is 4.97. The number of carbonyl (C=O) groups is 2. The van der Waals surface area contributed by atoms with Crippen molar-refractivity contribution in [2.45, 2.75) is 59.0 Å². The van der Waals surface area contributed by atoms with Crippen LogP contribution in [0.15, 0.2) is 34.7 Å². The topological polar surface area (TPSA) is 59.3 Å². The molecule has 2 aliphatic carbocycles. The summed E-state index contributed by atoms with van der Waals surface area (Å²) in [4.78, 5) is 26.2. The average Bonchev–Trinajstić information content (AvgIpc) is 3.07. The molecular weight excluding hydrogens is 374 g/mol. The van der Waals surface area contributed by atoms with E-state index in [-0.39, 0.29) is 0 Å². The molecule has 0 bridgehead atoms. The Bertz CT molecular complexity index is 1190. The number of ketones is 2. The summed E-state index contributed by atoms with van der Waals surface area (Å²) in [6, 6.07) is 10.3. The number of aryl methyl sites for hydroxylation is 1. The SMILES string of the molecule is Cc1c(CNC2CCCCC2C)oc2c1C(=O)C(=O)c1c-2ccc2c(C)cccc12. The molecule has 1 fully saturated rings. The van der Waals surface area contributed by atoms with E-state index in [1.165, 1.54) is 25.7 Å². The molecule has 5 rings (SSSR count). The van der Waals surface area contributed by atoms with E-state index in [1.807, 2.05) is 44.2 Å². The quantitative estimate of drug-likeness (QED) is 0.567. The van der Waals surface area contributed by atoms with Crippen molar-refractivity contribution in [3.05, 3.63) is 58.3 Å². The predicted octanol–water partition coefficient (Wildman–Crippen LogP) is 5.76. The molecule has 4 nitrogen and oxygen atoms in total. The molecule has 2 aliphatic rings. The highest BCUT2D eigenvalue weighted by Gasteiger charge is 2.37. The second-order valence-corrected chi connectivity index (χ2v) is 8.92. The number of rotatable bonds is 3. The van der Waals surface area contributed by atoms with Crippen molar-refractivity contribution in [3.8, 4) is 11.3 Å². The van der Waals surface area contributed by atoms with Crippen LogP contribution in [0.1, 0.15) is 70.2 Å². The van der Waals surface area contributed by atoms with Crippen molar-refractivity contribution in [2.24, 2.45) is 5.92 Å². The second kappa shape index (κ2) is 7.21. The van der Waals surface area contributed by atoms with E-state index in [4.69, 9.17) is 4.42 Å². The van der Waals surface area contributed by atoms with E-state index < -0.39 is 11.6 Å². The van der Waals surface area contributed by atoms with Gasteiger partial charge in [-0.2, -0.15) is 0 Å². The summed E-state index contributed by atoms with van der Waals surface area (Å²) in [5.41, 5.74) is 3.52. The van der Waals surface area contributed by atoms with Gasteiger partial charge in [-0.15, -0.1) is 0 Å². The zero-order chi connectivity index (χ0) is 21.0. The van der Waals surface area contributed by atoms with Crippen LogP contribution in [-0.4, -0.2) is 17.6 Å². The summed E-state index contributed by atoms with van der Waals surface area (Å²) in [7, 11) is 0. The number of Topliss-reactive ketones (excluding diaryl/α,β-unsaturated/α-hetero) is 2. The Balaban J connectivity index is 1.58. The molecule has 2 atom stereocenters. The normalized spacial score (nSPS) is 21.0. The van der Waals surface area contributed by atoms with E-state index in [9.17, 15) is 9.59 Å². The number of furan rings is 1. The van der Waals surface area contributed by atoms with Crippen molar-refractivity contribution in [2.75, 3.05) is 0 Å². The molecule has 154 valence electrons. The van der Waals surface area contributed by atoms with Gasteiger partial charge >= 0.3 is 0 Å². The molecule has 0 radical (unpaired) electrons. The van der Waals surface area contributed by atoms with Gasteiger partial charge in [0.2, 0.25) is 11.6 Å². The third kappa shape index (κ3) is 2.85. The summed E-state index contributed by atoms with van der Waals surface area (Å²) in [5, 5.41) is 5.45. The lowest BCUT2D eigenvalue weighted by atomic mass is 9.83. The highest BCUT2D eigenvalue weighted by molar-refractivity contribution is 6.54. The maximum absolute atomic E-state index is 13.1. The first-order chi connectivity index (χ1) is 14.5. The van der Waals surface area contributed by atoms with Crippen LogP contribution in [0.3, 0.4) is 0 Å². The summed E-state index contributed by atoms with van der Waals surface area (Å²) in [5.74, 6) is 1.06. The molecule has 1 heterocycles. The Morgan fingerprint density at radius 3 is 2.53 bits per heavy atom. The molecule has 2 aromatic carbocycles. The van der Waals surface area contributed by atoms with Gasteiger partial charge in [-0.25, -0.2) is 0 Å². The van der Waals surface area contributed by atoms with Crippen LogP contribution >= 0.6 is 0 Å². The van der Waals surface area contributed by atoms with Crippen molar-refractivity contribution in [3.63, 3.8) is 0 Å². The van der Waals surface area contributed by atoms with E-state index in [0.29, 0.717) is 35.4 Å². The average molecular weight is 402 g/mol. The van der Waals surface area contributed by atoms with E-state index >= 15 is 0 Å². The van der Waals surface area contributed by atoms with Crippen LogP contribution < -0.4 is 5.32 Å². The molecule has 0 aliphatic heterocycles. The van der Waals surface area contributed by atoms with Crippen LogP contribution in [-0.2, 0) is 6.54 Å². The third-order valence-corrected chi connectivity index (χ3v) is 7.07. The first-order valence-electron chi connectivity index (χ1n) is 10.9. The minimum absolute atomic E-state index is 0.432. The first-order valence-corrected chi connectivity index (χ1v) is 10.9. The van der Waals surface area contributed by atoms with Crippen LogP contribution in [0.2, 0.25) is 0 Å². The van der Waals surface area contributed by atoms with Gasteiger partial charge in [0.1, 0.15) is 11.5 Å². The lowest BCUT2D eigenvalue weighted by molar-refractivity contribution is 0.0815. The Hall–Kier alpha value is -2.72. The van der Waals surface area contributed by atoms with Gasteiger partial charge in [0.05, 0.1) is 12.1 Å². The zero-order valence-electron chi connectivity index (χ0n) is 17.8. The van der Waals surface area contributed by atoms with Crippen molar-refractivity contribution < 1.29 is 14.0 Å². The van der Waals surface area contributed by atoms with Crippen molar-refractivity contribution in [1.82, 2.24) is 5.32 Å². The number of carbonyl (C=O) groups excluding carboxylic acids is 2. The number of benzene rings is 2. The number of hydrogen-bond donors (Lipinski definition) is 1. The highest BCUT2D eigenvalue weighted by Crippen LogP contribution is 2.41. The van der Waals surface area contributed by atoms with Gasteiger partial charge in [0.15, 0.2) is 0 Å². The first kappa shape index (κ1) is 19.3. The highest BCUT2D eigenvalue weighted by atomic mass is 16.3. The molecule has 0 amide bonds. The Morgan fingerprint density at radius 2 is 1.73 bits per heavy atom. The number of hydrogen-bond acceptors (Lipinski definition) is 4. The molecule has 2 unspecified atom stereocenters. The molecule has 1 N–H and O–H groups in total. The van der Waals surface area contributed by atoms with Gasteiger partial charge in [-0.1, -0.05) is 44.0 Å². The molecule has 1 saturated carbocycles. The standard InChI is InChI=1S/C26H27NO3/c1-14-8-6-9-18-17(14)11-12-19-23(18)25(29)24(28)22-16(3)21(30-26(19)22)13-27-20-10-5-4-7-15(20)2/h6,8-9,11-12,15,20,27H,4-5,7,10,13H2,1-3H3. The van der Waals surface area contributed by atoms with Crippen LogP contribution in [0, 0.1) is 19.8 Å². The molecule has 0 saturated heterocycles. The monoisotopic (exact) mass is 401 g/mol. The van der Waals surface area contributed by atoms with Gasteiger partial charge in [-0.3, -0.25) is 9.59 Å². The van der Waals surface area contributed by atoms with Gasteiger partial charge in [0, 0.05) is 22.7 Å². The fourth-order valence-corrected chi connectivity index (χ4v) is 5.21. The summed E-state index contributed by atoms with van der Waals surface area (Å²) < 4.78 is 6.25. The van der Waals surface area contributed by atoms with Gasteiger partial charge in [-0.05, 0) is 55.0 Å². The lowest BCUT2D eigenvalue weighted by Crippen LogP contribution is -2.36. The Morgan fingerprint density at radius 1 is 0.967 bits per heavy atom. The minimum Gasteiger partial charge on any atom is -0.459 e. The summed E-state index contributed by atoms with van der Waals surface area (Å²) >= 11 is 0. The maximum Gasteiger partial charge on any atom is 0.237 e. The van der Waals surface area contributed by atoms with Crippen molar-refractivity contribution >= 4 is 22.3 Å². The van der Waals surface area contributed by atoms with Gasteiger partial charge in [0.25, 0.3) is 0 Å². The fraction of sp³-hybridized carbons (Fsp3) is 0.385. The Kier molecular flexibility index (Phi) is 4.62. The summed E-state index contributed by atoms with van der Waals surface area (Å²) in [6.45, 7) is 6.78. The predicted molar refractivity (Wildman–Crippen MR) is 118 cm³/mol. The molecule has 3 aromatic rings.